The lowest BCUT2D eigenvalue weighted by atomic mass is 9.69. The third-order valence-corrected chi connectivity index (χ3v) is 5.89. The van der Waals surface area contributed by atoms with E-state index in [9.17, 15) is 31.5 Å². The fourth-order valence-corrected chi connectivity index (χ4v) is 3.88. The van der Waals surface area contributed by atoms with Gasteiger partial charge in [-0.2, -0.15) is 13.2 Å². The third kappa shape index (κ3) is 4.26. The zero-order chi connectivity index (χ0) is 21.5. The van der Waals surface area contributed by atoms with E-state index in [0.717, 1.165) is 12.1 Å². The van der Waals surface area contributed by atoms with Gasteiger partial charge in [-0.3, -0.25) is 4.79 Å². The SMILES string of the molecule is C[C@@H]1C(=O)NCCN1C(=O)N[C@@H](c1ccc(F)c(Cl)c1F)[C@H]1C[C@@H](C(F)(F)F)C1. The van der Waals surface area contributed by atoms with Crippen LogP contribution >= 0.6 is 11.6 Å². The van der Waals surface area contributed by atoms with Crippen molar-refractivity contribution in [2.75, 3.05) is 13.1 Å². The largest absolute Gasteiger partial charge is 0.391 e. The van der Waals surface area contributed by atoms with Crippen molar-refractivity contribution < 1.29 is 31.5 Å². The second-order valence-electron chi connectivity index (χ2n) is 7.32. The molecule has 3 amide bonds. The average Bonchev–Trinajstić information content (AvgIpc) is 2.59. The van der Waals surface area contributed by atoms with E-state index in [4.69, 9.17) is 11.6 Å². The Morgan fingerprint density at radius 2 is 1.97 bits per heavy atom. The highest BCUT2D eigenvalue weighted by Crippen LogP contribution is 2.50. The predicted octanol–water partition coefficient (Wildman–Crippen LogP) is 3.78. The molecule has 1 aromatic rings. The average molecular weight is 440 g/mol. The first-order chi connectivity index (χ1) is 13.5. The summed E-state index contributed by atoms with van der Waals surface area (Å²) in [7, 11) is 0. The molecule has 160 valence electrons. The molecular formula is C18H19ClF5N3O2. The number of piperazine rings is 1. The van der Waals surface area contributed by atoms with Gasteiger partial charge in [0.1, 0.15) is 22.7 Å². The van der Waals surface area contributed by atoms with Crippen LogP contribution in [0.25, 0.3) is 0 Å². The first kappa shape index (κ1) is 21.6. The predicted molar refractivity (Wildman–Crippen MR) is 94.1 cm³/mol. The van der Waals surface area contributed by atoms with E-state index in [0.29, 0.717) is 0 Å². The lowest BCUT2D eigenvalue weighted by Crippen LogP contribution is -2.59. The molecule has 29 heavy (non-hydrogen) atoms. The van der Waals surface area contributed by atoms with Gasteiger partial charge in [0.15, 0.2) is 0 Å². The highest BCUT2D eigenvalue weighted by atomic mass is 35.5. The van der Waals surface area contributed by atoms with E-state index in [1.165, 1.54) is 11.8 Å². The van der Waals surface area contributed by atoms with Gasteiger partial charge >= 0.3 is 12.2 Å². The van der Waals surface area contributed by atoms with Crippen molar-refractivity contribution in [2.45, 2.75) is 38.0 Å². The second kappa shape index (κ2) is 7.97. The molecule has 3 rings (SSSR count). The summed E-state index contributed by atoms with van der Waals surface area (Å²) >= 11 is 5.62. The number of nitrogens with zero attached hydrogens (tertiary/aromatic N) is 1. The molecule has 1 saturated carbocycles. The van der Waals surface area contributed by atoms with Crippen LogP contribution in [-0.2, 0) is 4.79 Å². The minimum absolute atomic E-state index is 0.188. The van der Waals surface area contributed by atoms with Crippen LogP contribution in [0.5, 0.6) is 0 Å². The van der Waals surface area contributed by atoms with Gasteiger partial charge in [0, 0.05) is 18.7 Å². The Hall–Kier alpha value is -2.10. The highest BCUT2D eigenvalue weighted by Gasteiger charge is 2.51. The van der Waals surface area contributed by atoms with Crippen molar-refractivity contribution in [3.8, 4) is 0 Å². The number of nitrogens with one attached hydrogen (secondary N) is 2. The molecule has 0 bridgehead atoms. The van der Waals surface area contributed by atoms with Gasteiger partial charge in [-0.05, 0) is 31.7 Å². The van der Waals surface area contributed by atoms with Gasteiger partial charge in [-0.1, -0.05) is 17.7 Å². The first-order valence-electron chi connectivity index (χ1n) is 9.05. The minimum atomic E-state index is -4.39. The van der Waals surface area contributed by atoms with Crippen molar-refractivity contribution in [3.63, 3.8) is 0 Å². The van der Waals surface area contributed by atoms with Gasteiger partial charge in [-0.25, -0.2) is 13.6 Å². The number of amides is 3. The Bertz CT molecular complexity index is 813. The molecule has 2 fully saturated rings. The molecule has 1 aliphatic carbocycles. The Morgan fingerprint density at radius 3 is 2.59 bits per heavy atom. The molecule has 2 atom stereocenters. The van der Waals surface area contributed by atoms with Gasteiger partial charge in [0.2, 0.25) is 5.91 Å². The Labute approximate surface area is 168 Å². The molecular weight excluding hydrogens is 421 g/mol. The van der Waals surface area contributed by atoms with Crippen LogP contribution in [0.1, 0.15) is 31.4 Å². The van der Waals surface area contributed by atoms with E-state index in [1.807, 2.05) is 0 Å². The number of alkyl halides is 3. The van der Waals surface area contributed by atoms with E-state index in [1.54, 1.807) is 0 Å². The zero-order valence-electron chi connectivity index (χ0n) is 15.3. The van der Waals surface area contributed by atoms with Crippen LogP contribution in [0.15, 0.2) is 12.1 Å². The summed E-state index contributed by atoms with van der Waals surface area (Å²) in [6, 6.07) is -0.690. The number of hydrogen-bond donors (Lipinski definition) is 2. The molecule has 0 unspecified atom stereocenters. The maximum atomic E-state index is 14.6. The number of urea groups is 1. The second-order valence-corrected chi connectivity index (χ2v) is 7.70. The molecule has 5 nitrogen and oxygen atoms in total. The van der Waals surface area contributed by atoms with E-state index in [-0.39, 0.29) is 37.4 Å². The Morgan fingerprint density at radius 1 is 1.31 bits per heavy atom. The zero-order valence-corrected chi connectivity index (χ0v) is 16.1. The molecule has 11 heteroatoms. The number of carbonyl (C=O) groups excluding carboxylic acids is 2. The van der Waals surface area contributed by atoms with Crippen LogP contribution in [0.2, 0.25) is 5.02 Å². The van der Waals surface area contributed by atoms with Gasteiger partial charge in [-0.15, -0.1) is 0 Å². The van der Waals surface area contributed by atoms with Gasteiger partial charge in [0.25, 0.3) is 0 Å². The summed E-state index contributed by atoms with van der Waals surface area (Å²) in [5.74, 6) is -4.78. The topological polar surface area (TPSA) is 61.4 Å². The van der Waals surface area contributed by atoms with E-state index < -0.39 is 52.8 Å². The van der Waals surface area contributed by atoms with Crippen LogP contribution in [-0.4, -0.2) is 42.1 Å². The molecule has 2 aliphatic rings. The van der Waals surface area contributed by atoms with Crippen LogP contribution in [0.4, 0.5) is 26.7 Å². The molecule has 0 aromatic heterocycles. The van der Waals surface area contributed by atoms with Crippen LogP contribution in [0.3, 0.4) is 0 Å². The molecule has 2 N–H and O–H groups in total. The fraction of sp³-hybridized carbons (Fsp3) is 0.556. The van der Waals surface area contributed by atoms with Crippen molar-refractivity contribution in [3.05, 3.63) is 34.4 Å². The van der Waals surface area contributed by atoms with Crippen LogP contribution < -0.4 is 10.6 Å². The summed E-state index contributed by atoms with van der Waals surface area (Å²) in [6.07, 6.45) is -5.00. The van der Waals surface area contributed by atoms with Crippen molar-refractivity contribution in [1.82, 2.24) is 15.5 Å². The molecule has 1 saturated heterocycles. The first-order valence-corrected chi connectivity index (χ1v) is 9.43. The summed E-state index contributed by atoms with van der Waals surface area (Å²) in [6.45, 7) is 1.91. The van der Waals surface area contributed by atoms with Crippen molar-refractivity contribution >= 4 is 23.5 Å². The minimum Gasteiger partial charge on any atom is -0.353 e. The number of hydrogen-bond acceptors (Lipinski definition) is 2. The molecule has 0 radical (unpaired) electrons. The van der Waals surface area contributed by atoms with Gasteiger partial charge in [0.05, 0.1) is 12.0 Å². The lowest BCUT2D eigenvalue weighted by molar-refractivity contribution is -0.206. The van der Waals surface area contributed by atoms with E-state index in [2.05, 4.69) is 10.6 Å². The summed E-state index contributed by atoms with van der Waals surface area (Å²) in [5, 5.41) is 4.33. The smallest absolute Gasteiger partial charge is 0.353 e. The summed E-state index contributed by atoms with van der Waals surface area (Å²) in [4.78, 5) is 25.7. The standard InChI is InChI=1S/C18H19ClF5N3O2/c1-8-16(28)25-4-5-27(8)17(29)26-15(9-6-10(7-9)18(22,23)24)11-2-3-12(20)13(19)14(11)21/h2-3,8-10,15H,4-7H2,1H3,(H,25,28)(H,26,29)/t8-,9-,10+,15-/m1/s1. The van der Waals surface area contributed by atoms with Gasteiger partial charge < -0.3 is 15.5 Å². The molecule has 1 heterocycles. The maximum absolute atomic E-state index is 14.6. The third-order valence-electron chi connectivity index (χ3n) is 5.55. The normalized spacial score (nSPS) is 25.8. The van der Waals surface area contributed by atoms with Crippen molar-refractivity contribution in [2.24, 2.45) is 11.8 Å². The van der Waals surface area contributed by atoms with Crippen molar-refractivity contribution in [1.29, 1.82) is 0 Å². The Balaban J connectivity index is 1.85. The molecule has 1 aromatic carbocycles. The molecule has 1 aliphatic heterocycles. The number of halogens is 6. The Kier molecular flexibility index (Phi) is 5.93. The number of benzene rings is 1. The monoisotopic (exact) mass is 439 g/mol. The molecule has 0 spiro atoms. The van der Waals surface area contributed by atoms with Crippen LogP contribution in [0, 0.1) is 23.5 Å². The number of carbonyl (C=O) groups is 2. The van der Waals surface area contributed by atoms with E-state index >= 15 is 0 Å². The highest BCUT2D eigenvalue weighted by molar-refractivity contribution is 6.31. The summed E-state index contributed by atoms with van der Waals surface area (Å²) < 4.78 is 66.8. The number of rotatable bonds is 3. The summed E-state index contributed by atoms with van der Waals surface area (Å²) in [5.41, 5.74) is -0.190. The fourth-order valence-electron chi connectivity index (χ4n) is 3.71. The quantitative estimate of drug-likeness (QED) is 0.556. The maximum Gasteiger partial charge on any atom is 0.391 e. The lowest BCUT2D eigenvalue weighted by Gasteiger charge is -2.43.